The van der Waals surface area contributed by atoms with E-state index in [-0.39, 0.29) is 11.9 Å². The molecule has 5 nitrogen and oxygen atoms in total. The number of ether oxygens (including phenoxy) is 1. The summed E-state index contributed by atoms with van der Waals surface area (Å²) in [6.07, 6.45) is 5.39. The lowest BCUT2D eigenvalue weighted by molar-refractivity contribution is -0.137. The quantitative estimate of drug-likeness (QED) is 0.871. The molecule has 1 fully saturated rings. The molecule has 26 heavy (non-hydrogen) atoms. The molecule has 0 unspecified atom stereocenters. The van der Waals surface area contributed by atoms with Gasteiger partial charge in [0.25, 0.3) is 0 Å². The topological polar surface area (TPSA) is 62.7 Å². The Morgan fingerprint density at radius 2 is 2.12 bits per heavy atom. The van der Waals surface area contributed by atoms with Gasteiger partial charge in [0.05, 0.1) is 19.6 Å². The fraction of sp³-hybridized carbons (Fsp3) is 0.400. The Kier molecular flexibility index (Phi) is 6.12. The Labute approximate surface area is 158 Å². The largest absolute Gasteiger partial charge is 0.496 e. The van der Waals surface area contributed by atoms with Gasteiger partial charge >= 0.3 is 0 Å². The molecule has 0 saturated carbocycles. The molecule has 1 aliphatic heterocycles. The number of benzene rings is 1. The third kappa shape index (κ3) is 4.17. The van der Waals surface area contributed by atoms with E-state index in [0.717, 1.165) is 24.8 Å². The highest BCUT2D eigenvalue weighted by atomic mass is 35.5. The highest BCUT2D eigenvalue weighted by Crippen LogP contribution is 2.33. The number of aliphatic hydroxyl groups is 1. The van der Waals surface area contributed by atoms with Gasteiger partial charge in [-0.2, -0.15) is 0 Å². The van der Waals surface area contributed by atoms with Crippen LogP contribution < -0.4 is 4.74 Å². The number of hydrogen-bond donors (Lipinski definition) is 1. The molecular formula is C20H23ClN2O3. The van der Waals surface area contributed by atoms with Crippen molar-refractivity contribution in [3.63, 3.8) is 0 Å². The van der Waals surface area contributed by atoms with Crippen LogP contribution in [0.2, 0.25) is 5.02 Å². The second-order valence-electron chi connectivity index (χ2n) is 6.52. The molecule has 0 radical (unpaired) electrons. The van der Waals surface area contributed by atoms with Crippen LogP contribution in [0.15, 0.2) is 42.7 Å². The van der Waals surface area contributed by atoms with Gasteiger partial charge in [0.2, 0.25) is 5.91 Å². The first-order valence-corrected chi connectivity index (χ1v) is 9.18. The molecule has 2 aromatic rings. The summed E-state index contributed by atoms with van der Waals surface area (Å²) in [4.78, 5) is 18.8. The number of carbonyl (C=O) groups is 1. The number of rotatable bonds is 5. The molecule has 6 heteroatoms. The zero-order valence-electron chi connectivity index (χ0n) is 14.8. The molecule has 3 rings (SSSR count). The fourth-order valence-corrected chi connectivity index (χ4v) is 3.61. The minimum atomic E-state index is -0.826. The normalized spacial score (nSPS) is 18.4. The summed E-state index contributed by atoms with van der Waals surface area (Å²) in [5, 5.41) is 11.6. The molecule has 1 aliphatic rings. The third-order valence-electron chi connectivity index (χ3n) is 4.85. The van der Waals surface area contributed by atoms with E-state index in [1.807, 2.05) is 12.1 Å². The van der Waals surface area contributed by atoms with Crippen molar-refractivity contribution in [2.75, 3.05) is 13.7 Å². The van der Waals surface area contributed by atoms with Crippen molar-refractivity contribution < 1.29 is 14.6 Å². The number of halogens is 1. The Morgan fingerprint density at radius 3 is 2.85 bits per heavy atom. The van der Waals surface area contributed by atoms with Gasteiger partial charge in [0, 0.05) is 29.5 Å². The predicted molar refractivity (Wildman–Crippen MR) is 100 cm³/mol. The van der Waals surface area contributed by atoms with Crippen LogP contribution in [-0.4, -0.2) is 40.6 Å². The molecule has 0 aliphatic carbocycles. The summed E-state index contributed by atoms with van der Waals surface area (Å²) in [7, 11) is 1.57. The highest BCUT2D eigenvalue weighted by molar-refractivity contribution is 6.30. The molecule has 1 saturated heterocycles. The summed E-state index contributed by atoms with van der Waals surface area (Å²) in [6.45, 7) is 0.650. The molecule has 0 spiro atoms. The zero-order chi connectivity index (χ0) is 18.5. The van der Waals surface area contributed by atoms with Crippen molar-refractivity contribution in [3.8, 4) is 5.75 Å². The van der Waals surface area contributed by atoms with Crippen molar-refractivity contribution in [2.45, 2.75) is 37.8 Å². The molecule has 2 heterocycles. The van der Waals surface area contributed by atoms with Crippen LogP contribution in [0.4, 0.5) is 0 Å². The number of aromatic nitrogens is 1. The van der Waals surface area contributed by atoms with Crippen molar-refractivity contribution in [2.24, 2.45) is 0 Å². The van der Waals surface area contributed by atoms with Gasteiger partial charge in [-0.05, 0) is 43.0 Å². The number of nitrogens with zero attached hydrogens (tertiary/aromatic N) is 2. The minimum Gasteiger partial charge on any atom is -0.496 e. The lowest BCUT2D eigenvalue weighted by atomic mass is 9.92. The number of hydrogen-bond acceptors (Lipinski definition) is 4. The first-order valence-electron chi connectivity index (χ1n) is 8.80. The van der Waals surface area contributed by atoms with E-state index in [9.17, 15) is 9.90 Å². The van der Waals surface area contributed by atoms with E-state index in [4.69, 9.17) is 16.3 Å². The van der Waals surface area contributed by atoms with Gasteiger partial charge < -0.3 is 14.7 Å². The van der Waals surface area contributed by atoms with E-state index < -0.39 is 6.10 Å². The smallest absolute Gasteiger partial charge is 0.227 e. The van der Waals surface area contributed by atoms with Crippen LogP contribution in [0.5, 0.6) is 5.75 Å². The minimum absolute atomic E-state index is 0.0129. The molecule has 2 atom stereocenters. The van der Waals surface area contributed by atoms with Gasteiger partial charge in [-0.15, -0.1) is 0 Å². The summed E-state index contributed by atoms with van der Waals surface area (Å²) >= 11 is 5.91. The SMILES string of the molecule is COc1ccncc1[C@H](O)[C@H]1CCCCN1C(=O)Cc1ccc(Cl)cc1. The number of aliphatic hydroxyl groups excluding tert-OH is 1. The maximum Gasteiger partial charge on any atom is 0.227 e. The number of piperidine rings is 1. The van der Waals surface area contributed by atoms with E-state index in [1.165, 1.54) is 0 Å². The molecule has 1 aromatic heterocycles. The van der Waals surface area contributed by atoms with E-state index >= 15 is 0 Å². The Hall–Kier alpha value is -2.11. The first-order chi connectivity index (χ1) is 12.6. The first kappa shape index (κ1) is 18.7. The van der Waals surface area contributed by atoms with Crippen molar-refractivity contribution in [1.29, 1.82) is 0 Å². The Morgan fingerprint density at radius 1 is 1.35 bits per heavy atom. The van der Waals surface area contributed by atoms with Gasteiger partial charge in [-0.3, -0.25) is 9.78 Å². The van der Waals surface area contributed by atoms with E-state index in [0.29, 0.717) is 29.3 Å². The van der Waals surface area contributed by atoms with Crippen LogP contribution in [0.3, 0.4) is 0 Å². The second-order valence-corrected chi connectivity index (χ2v) is 6.95. The monoisotopic (exact) mass is 374 g/mol. The number of amides is 1. The van der Waals surface area contributed by atoms with Crippen LogP contribution in [0.1, 0.15) is 36.5 Å². The molecule has 0 bridgehead atoms. The standard InChI is InChI=1S/C20H23ClN2O3/c1-26-18-9-10-22-13-16(18)20(25)17-4-2-3-11-23(17)19(24)12-14-5-7-15(21)8-6-14/h5-10,13,17,20,25H,2-4,11-12H2,1H3/t17-,20+/m1/s1. The number of pyridine rings is 1. The van der Waals surface area contributed by atoms with Gasteiger partial charge in [-0.1, -0.05) is 23.7 Å². The van der Waals surface area contributed by atoms with Crippen molar-refractivity contribution >= 4 is 17.5 Å². The van der Waals surface area contributed by atoms with Crippen LogP contribution in [0, 0.1) is 0 Å². The molecule has 138 valence electrons. The lowest BCUT2D eigenvalue weighted by Crippen LogP contribution is -2.47. The third-order valence-corrected chi connectivity index (χ3v) is 5.10. The highest BCUT2D eigenvalue weighted by Gasteiger charge is 2.34. The number of methoxy groups -OCH3 is 1. The van der Waals surface area contributed by atoms with Crippen LogP contribution >= 0.6 is 11.6 Å². The number of likely N-dealkylation sites (tertiary alicyclic amines) is 1. The predicted octanol–water partition coefficient (Wildman–Crippen LogP) is 3.40. The summed E-state index contributed by atoms with van der Waals surface area (Å²) in [5.41, 5.74) is 1.53. The average molecular weight is 375 g/mol. The van der Waals surface area contributed by atoms with Crippen LogP contribution in [-0.2, 0) is 11.2 Å². The maximum atomic E-state index is 12.9. The maximum absolute atomic E-state index is 12.9. The van der Waals surface area contributed by atoms with E-state index in [1.54, 1.807) is 42.6 Å². The molecular weight excluding hydrogens is 352 g/mol. The van der Waals surface area contributed by atoms with Gasteiger partial charge in [0.1, 0.15) is 11.9 Å². The van der Waals surface area contributed by atoms with Crippen molar-refractivity contribution in [3.05, 3.63) is 58.9 Å². The van der Waals surface area contributed by atoms with Crippen molar-refractivity contribution in [1.82, 2.24) is 9.88 Å². The Bertz CT molecular complexity index is 751. The summed E-state index contributed by atoms with van der Waals surface area (Å²) in [6, 6.07) is 8.74. The Balaban J connectivity index is 1.78. The van der Waals surface area contributed by atoms with E-state index in [2.05, 4.69) is 4.98 Å². The van der Waals surface area contributed by atoms with Gasteiger partial charge in [-0.25, -0.2) is 0 Å². The number of carbonyl (C=O) groups excluding carboxylic acids is 1. The van der Waals surface area contributed by atoms with Crippen LogP contribution in [0.25, 0.3) is 0 Å². The summed E-state index contributed by atoms with van der Waals surface area (Å²) < 4.78 is 5.34. The fourth-order valence-electron chi connectivity index (χ4n) is 3.48. The molecule has 1 amide bonds. The molecule has 1 N–H and O–H groups in total. The average Bonchev–Trinajstić information content (AvgIpc) is 2.69. The zero-order valence-corrected chi connectivity index (χ0v) is 15.5. The van der Waals surface area contributed by atoms with Gasteiger partial charge in [0.15, 0.2) is 0 Å². The molecule has 1 aromatic carbocycles. The summed E-state index contributed by atoms with van der Waals surface area (Å²) in [5.74, 6) is 0.599. The lowest BCUT2D eigenvalue weighted by Gasteiger charge is -2.39. The second kappa shape index (κ2) is 8.52.